The zero-order valence-corrected chi connectivity index (χ0v) is 12.5. The Morgan fingerprint density at radius 3 is 2.95 bits per heavy atom. The number of carbonyl (C=O) groups is 1. The van der Waals surface area contributed by atoms with E-state index in [4.69, 9.17) is 0 Å². The molecule has 0 radical (unpaired) electrons. The van der Waals surface area contributed by atoms with Crippen LogP contribution in [0.5, 0.6) is 0 Å². The van der Waals surface area contributed by atoms with Crippen molar-refractivity contribution in [2.45, 2.75) is 38.6 Å². The van der Waals surface area contributed by atoms with Gasteiger partial charge in [-0.3, -0.25) is 9.48 Å². The number of hydrogen-bond acceptors (Lipinski definition) is 2. The minimum Gasteiger partial charge on any atom is -0.304 e. The van der Waals surface area contributed by atoms with Crippen LogP contribution >= 0.6 is 0 Å². The zero-order chi connectivity index (χ0) is 14.6. The topological polar surface area (TPSA) is 38.1 Å². The highest BCUT2D eigenvalue weighted by Gasteiger charge is 2.35. The summed E-state index contributed by atoms with van der Waals surface area (Å²) in [7, 11) is 1.95. The summed E-state index contributed by atoms with van der Waals surface area (Å²) in [4.78, 5) is 15.0. The number of anilines is 1. The molecule has 2 aromatic rings. The summed E-state index contributed by atoms with van der Waals surface area (Å²) < 4.78 is 1.89. The fourth-order valence-corrected chi connectivity index (χ4v) is 3.77. The number of aryl methyl sites for hydroxylation is 1. The predicted octanol–water partition coefficient (Wildman–Crippen LogP) is 2.50. The van der Waals surface area contributed by atoms with Crippen molar-refractivity contribution in [3.63, 3.8) is 0 Å². The molecule has 1 aliphatic carbocycles. The highest BCUT2D eigenvalue weighted by Crippen LogP contribution is 2.34. The molecule has 21 heavy (non-hydrogen) atoms. The third kappa shape index (κ3) is 1.75. The van der Waals surface area contributed by atoms with Crippen LogP contribution in [-0.2, 0) is 26.3 Å². The van der Waals surface area contributed by atoms with Crippen molar-refractivity contribution in [1.82, 2.24) is 9.78 Å². The Balaban J connectivity index is 1.78. The Labute approximate surface area is 124 Å². The van der Waals surface area contributed by atoms with Crippen molar-refractivity contribution in [2.24, 2.45) is 7.05 Å². The van der Waals surface area contributed by atoms with Crippen molar-refractivity contribution < 1.29 is 4.79 Å². The van der Waals surface area contributed by atoms with Gasteiger partial charge in [-0.2, -0.15) is 5.10 Å². The standard InChI is InChI=1S/C17H19N3O/c1-11-10-12-6-3-4-8-14(12)20(11)17(21)16-13-7-5-9-15(13)19(2)18-16/h3-4,6,8,11H,5,7,9-10H2,1-2H3. The molecule has 2 heterocycles. The number of benzene rings is 1. The molecule has 0 saturated heterocycles. The molecule has 0 bridgehead atoms. The van der Waals surface area contributed by atoms with E-state index in [-0.39, 0.29) is 11.9 Å². The highest BCUT2D eigenvalue weighted by atomic mass is 16.2. The van der Waals surface area contributed by atoms with Gasteiger partial charge in [0.15, 0.2) is 5.69 Å². The molecule has 1 aromatic heterocycles. The van der Waals surface area contributed by atoms with Gasteiger partial charge in [-0.15, -0.1) is 0 Å². The van der Waals surface area contributed by atoms with Crippen molar-refractivity contribution in [1.29, 1.82) is 0 Å². The van der Waals surface area contributed by atoms with Gasteiger partial charge in [0.2, 0.25) is 0 Å². The SMILES string of the molecule is CC1Cc2ccccc2N1C(=O)c1nn(C)c2c1CCC2. The lowest BCUT2D eigenvalue weighted by molar-refractivity contribution is 0.0975. The van der Waals surface area contributed by atoms with Crippen LogP contribution in [0.4, 0.5) is 5.69 Å². The normalized spacial score (nSPS) is 19.7. The van der Waals surface area contributed by atoms with Gasteiger partial charge in [-0.05, 0) is 44.2 Å². The minimum absolute atomic E-state index is 0.0613. The van der Waals surface area contributed by atoms with E-state index in [9.17, 15) is 4.79 Å². The van der Waals surface area contributed by atoms with Crippen LogP contribution in [0.2, 0.25) is 0 Å². The maximum Gasteiger partial charge on any atom is 0.279 e. The van der Waals surface area contributed by atoms with E-state index in [0.717, 1.165) is 31.4 Å². The van der Waals surface area contributed by atoms with E-state index in [1.54, 1.807) is 0 Å². The summed E-state index contributed by atoms with van der Waals surface area (Å²) in [5.74, 6) is 0.0613. The summed E-state index contributed by atoms with van der Waals surface area (Å²) >= 11 is 0. The molecule has 108 valence electrons. The summed E-state index contributed by atoms with van der Waals surface area (Å²) in [6.07, 6.45) is 4.08. The van der Waals surface area contributed by atoms with Crippen molar-refractivity contribution in [3.05, 3.63) is 46.8 Å². The van der Waals surface area contributed by atoms with Gasteiger partial charge in [0.05, 0.1) is 0 Å². The molecule has 1 atom stereocenters. The van der Waals surface area contributed by atoms with E-state index < -0.39 is 0 Å². The quantitative estimate of drug-likeness (QED) is 0.805. The van der Waals surface area contributed by atoms with Crippen molar-refractivity contribution in [3.8, 4) is 0 Å². The third-order valence-electron chi connectivity index (χ3n) is 4.74. The van der Waals surface area contributed by atoms with Crippen LogP contribution in [0, 0.1) is 0 Å². The Morgan fingerprint density at radius 2 is 2.10 bits per heavy atom. The number of carbonyl (C=O) groups excluding carboxylic acids is 1. The van der Waals surface area contributed by atoms with Crippen molar-refractivity contribution in [2.75, 3.05) is 4.90 Å². The lowest BCUT2D eigenvalue weighted by Gasteiger charge is -2.22. The summed E-state index contributed by atoms with van der Waals surface area (Å²) in [6.45, 7) is 2.11. The minimum atomic E-state index is 0.0613. The number of fused-ring (bicyclic) bond motifs is 2. The van der Waals surface area contributed by atoms with Gasteiger partial charge >= 0.3 is 0 Å². The summed E-state index contributed by atoms with van der Waals surface area (Å²) in [5, 5.41) is 4.51. The fraction of sp³-hybridized carbons (Fsp3) is 0.412. The molecule has 0 saturated carbocycles. The van der Waals surface area contributed by atoms with Gasteiger partial charge in [-0.25, -0.2) is 0 Å². The molecule has 1 amide bonds. The van der Waals surface area contributed by atoms with Crippen LogP contribution in [0.1, 0.15) is 40.7 Å². The Bertz CT molecular complexity index is 732. The number of amides is 1. The average Bonchev–Trinajstić information content (AvgIpc) is 3.13. The van der Waals surface area contributed by atoms with E-state index in [1.165, 1.54) is 16.8 Å². The smallest absolute Gasteiger partial charge is 0.279 e. The molecule has 1 unspecified atom stereocenters. The second-order valence-corrected chi connectivity index (χ2v) is 6.11. The van der Waals surface area contributed by atoms with Gasteiger partial charge < -0.3 is 4.90 Å². The van der Waals surface area contributed by atoms with E-state index in [0.29, 0.717) is 5.69 Å². The molecule has 4 nitrogen and oxygen atoms in total. The Morgan fingerprint density at radius 1 is 1.29 bits per heavy atom. The third-order valence-corrected chi connectivity index (χ3v) is 4.74. The van der Waals surface area contributed by atoms with Crippen LogP contribution in [0.25, 0.3) is 0 Å². The molecule has 2 aliphatic rings. The predicted molar refractivity (Wildman–Crippen MR) is 81.7 cm³/mol. The number of rotatable bonds is 1. The van der Waals surface area contributed by atoms with Crippen LogP contribution in [0.3, 0.4) is 0 Å². The largest absolute Gasteiger partial charge is 0.304 e. The molecule has 4 heteroatoms. The number of para-hydroxylation sites is 1. The first kappa shape index (κ1) is 12.6. The van der Waals surface area contributed by atoms with E-state index in [2.05, 4.69) is 18.1 Å². The van der Waals surface area contributed by atoms with Crippen LogP contribution in [0.15, 0.2) is 24.3 Å². The lowest BCUT2D eigenvalue weighted by Crippen LogP contribution is -2.36. The Kier molecular flexibility index (Phi) is 2.67. The molecule has 4 rings (SSSR count). The second-order valence-electron chi connectivity index (χ2n) is 6.11. The highest BCUT2D eigenvalue weighted by molar-refractivity contribution is 6.07. The zero-order valence-electron chi connectivity index (χ0n) is 12.5. The first-order valence-corrected chi connectivity index (χ1v) is 7.63. The molecule has 1 aliphatic heterocycles. The van der Waals surface area contributed by atoms with Crippen molar-refractivity contribution >= 4 is 11.6 Å². The maximum absolute atomic E-state index is 13.0. The Hall–Kier alpha value is -2.10. The molecule has 1 aromatic carbocycles. The monoisotopic (exact) mass is 281 g/mol. The number of aromatic nitrogens is 2. The molecular formula is C17H19N3O. The molecule has 0 N–H and O–H groups in total. The molecular weight excluding hydrogens is 262 g/mol. The fourth-order valence-electron chi connectivity index (χ4n) is 3.77. The number of nitrogens with zero attached hydrogens (tertiary/aromatic N) is 3. The van der Waals surface area contributed by atoms with Crippen LogP contribution in [-0.4, -0.2) is 21.7 Å². The first-order chi connectivity index (χ1) is 10.2. The summed E-state index contributed by atoms with van der Waals surface area (Å²) in [6, 6.07) is 8.40. The van der Waals surface area contributed by atoms with E-state index in [1.807, 2.05) is 34.8 Å². The average molecular weight is 281 g/mol. The second kappa shape index (κ2) is 4.45. The van der Waals surface area contributed by atoms with Gasteiger partial charge in [0, 0.05) is 30.0 Å². The lowest BCUT2D eigenvalue weighted by atomic mass is 10.1. The van der Waals surface area contributed by atoms with E-state index >= 15 is 0 Å². The summed E-state index contributed by atoms with van der Waals surface area (Å²) in [5.41, 5.74) is 5.37. The van der Waals surface area contributed by atoms with Gasteiger partial charge in [-0.1, -0.05) is 18.2 Å². The number of hydrogen-bond donors (Lipinski definition) is 0. The first-order valence-electron chi connectivity index (χ1n) is 7.63. The van der Waals surface area contributed by atoms with Crippen LogP contribution < -0.4 is 4.90 Å². The molecule has 0 spiro atoms. The van der Waals surface area contributed by atoms with Gasteiger partial charge in [0.25, 0.3) is 5.91 Å². The molecule has 0 fully saturated rings. The maximum atomic E-state index is 13.0. The van der Waals surface area contributed by atoms with Gasteiger partial charge in [0.1, 0.15) is 0 Å².